The molecule has 0 bridgehead atoms. The van der Waals surface area contributed by atoms with E-state index >= 15 is 0 Å². The summed E-state index contributed by atoms with van der Waals surface area (Å²) < 4.78 is 0. The first-order valence-corrected chi connectivity index (χ1v) is 7.68. The molecule has 1 aliphatic rings. The van der Waals surface area contributed by atoms with E-state index in [2.05, 4.69) is 48.5 Å². The number of piperidine rings is 1. The van der Waals surface area contributed by atoms with Crippen molar-refractivity contribution in [2.45, 2.75) is 38.6 Å². The Kier molecular flexibility index (Phi) is 5.60. The Labute approximate surface area is 122 Å². The van der Waals surface area contributed by atoms with Gasteiger partial charge in [0, 0.05) is 12.6 Å². The molecule has 1 aliphatic heterocycles. The molecule has 1 amide bonds. The third kappa shape index (κ3) is 4.64. The van der Waals surface area contributed by atoms with Crippen molar-refractivity contribution < 1.29 is 4.79 Å². The molecule has 0 radical (unpaired) electrons. The fraction of sp³-hybridized carbons (Fsp3) is 0.588. The first-order valence-electron chi connectivity index (χ1n) is 7.68. The number of nitrogens with one attached hydrogen (secondary N) is 1. The average molecular weight is 274 g/mol. The number of carbonyl (C=O) groups is 1. The minimum atomic E-state index is 0.174. The standard InChI is InChI=1S/C17H26N2O/c1-14(10-11-15-7-4-3-5-8-15)18-17(20)16-9-6-12-19(2)13-16/h3-5,7-8,14,16H,6,9-13H2,1-2H3,(H,18,20). The lowest BCUT2D eigenvalue weighted by Crippen LogP contribution is -2.44. The van der Waals surface area contributed by atoms with Gasteiger partial charge in [-0.15, -0.1) is 0 Å². The highest BCUT2D eigenvalue weighted by atomic mass is 16.2. The summed E-state index contributed by atoms with van der Waals surface area (Å²) in [6.07, 6.45) is 4.18. The molecule has 1 fully saturated rings. The molecule has 20 heavy (non-hydrogen) atoms. The van der Waals surface area contributed by atoms with Crippen molar-refractivity contribution >= 4 is 5.91 Å². The molecule has 3 nitrogen and oxygen atoms in total. The highest BCUT2D eigenvalue weighted by Crippen LogP contribution is 2.15. The van der Waals surface area contributed by atoms with Crippen LogP contribution in [0, 0.1) is 5.92 Å². The highest BCUT2D eigenvalue weighted by molar-refractivity contribution is 5.79. The van der Waals surface area contributed by atoms with E-state index in [4.69, 9.17) is 0 Å². The number of benzene rings is 1. The summed E-state index contributed by atoms with van der Waals surface area (Å²) in [4.78, 5) is 14.5. The molecule has 3 heteroatoms. The van der Waals surface area contributed by atoms with E-state index < -0.39 is 0 Å². The van der Waals surface area contributed by atoms with Gasteiger partial charge < -0.3 is 10.2 Å². The van der Waals surface area contributed by atoms with Crippen molar-refractivity contribution in [2.75, 3.05) is 20.1 Å². The van der Waals surface area contributed by atoms with Crippen molar-refractivity contribution in [3.8, 4) is 0 Å². The summed E-state index contributed by atoms with van der Waals surface area (Å²) in [6.45, 7) is 4.12. The molecule has 1 N–H and O–H groups in total. The second-order valence-corrected chi connectivity index (χ2v) is 6.04. The zero-order valence-electron chi connectivity index (χ0n) is 12.6. The van der Waals surface area contributed by atoms with Crippen molar-refractivity contribution in [3.63, 3.8) is 0 Å². The summed E-state index contributed by atoms with van der Waals surface area (Å²) in [5.74, 6) is 0.407. The van der Waals surface area contributed by atoms with Crippen LogP contribution in [0.1, 0.15) is 31.7 Å². The second-order valence-electron chi connectivity index (χ2n) is 6.04. The normalized spacial score (nSPS) is 21.4. The summed E-state index contributed by atoms with van der Waals surface area (Å²) >= 11 is 0. The average Bonchev–Trinajstić information content (AvgIpc) is 2.46. The molecule has 0 aliphatic carbocycles. The molecule has 0 aromatic heterocycles. The quantitative estimate of drug-likeness (QED) is 0.894. The molecular formula is C17H26N2O. The number of aryl methyl sites for hydroxylation is 1. The monoisotopic (exact) mass is 274 g/mol. The minimum Gasteiger partial charge on any atom is -0.353 e. The third-order valence-electron chi connectivity index (χ3n) is 4.09. The molecular weight excluding hydrogens is 248 g/mol. The third-order valence-corrected chi connectivity index (χ3v) is 4.09. The van der Waals surface area contributed by atoms with Gasteiger partial charge in [0.25, 0.3) is 0 Å². The van der Waals surface area contributed by atoms with Gasteiger partial charge in [0.2, 0.25) is 5.91 Å². The van der Waals surface area contributed by atoms with E-state index in [0.717, 1.165) is 38.8 Å². The minimum absolute atomic E-state index is 0.174. The van der Waals surface area contributed by atoms with E-state index in [1.165, 1.54) is 5.56 Å². The second kappa shape index (κ2) is 7.44. The van der Waals surface area contributed by atoms with E-state index in [1.54, 1.807) is 0 Å². The van der Waals surface area contributed by atoms with Gasteiger partial charge >= 0.3 is 0 Å². The predicted octanol–water partition coefficient (Wildman–Crippen LogP) is 2.47. The van der Waals surface area contributed by atoms with Crippen LogP contribution >= 0.6 is 0 Å². The lowest BCUT2D eigenvalue weighted by atomic mass is 9.97. The highest BCUT2D eigenvalue weighted by Gasteiger charge is 2.24. The molecule has 1 heterocycles. The van der Waals surface area contributed by atoms with Crippen LogP contribution in [0.25, 0.3) is 0 Å². The van der Waals surface area contributed by atoms with Crippen molar-refractivity contribution in [1.82, 2.24) is 10.2 Å². The molecule has 1 aromatic carbocycles. The van der Waals surface area contributed by atoms with Crippen LogP contribution in [0.3, 0.4) is 0 Å². The van der Waals surface area contributed by atoms with Crippen LogP contribution in [0.5, 0.6) is 0 Å². The molecule has 110 valence electrons. The zero-order chi connectivity index (χ0) is 14.4. The summed E-state index contributed by atoms with van der Waals surface area (Å²) in [5.41, 5.74) is 1.34. The maximum absolute atomic E-state index is 12.2. The first-order chi connectivity index (χ1) is 9.65. The Hall–Kier alpha value is -1.35. The Morgan fingerprint density at radius 1 is 1.40 bits per heavy atom. The fourth-order valence-electron chi connectivity index (χ4n) is 2.84. The van der Waals surface area contributed by atoms with Gasteiger partial charge in [-0.05, 0) is 51.8 Å². The van der Waals surface area contributed by atoms with Crippen LogP contribution in [0.4, 0.5) is 0 Å². The van der Waals surface area contributed by atoms with Crippen molar-refractivity contribution in [3.05, 3.63) is 35.9 Å². The maximum atomic E-state index is 12.2. The number of rotatable bonds is 5. The van der Waals surface area contributed by atoms with Crippen LogP contribution in [-0.4, -0.2) is 37.0 Å². The number of hydrogen-bond acceptors (Lipinski definition) is 2. The van der Waals surface area contributed by atoms with Gasteiger partial charge in [-0.1, -0.05) is 30.3 Å². The maximum Gasteiger partial charge on any atom is 0.224 e. The topological polar surface area (TPSA) is 32.3 Å². The molecule has 2 atom stereocenters. The number of likely N-dealkylation sites (tertiary alicyclic amines) is 1. The first kappa shape index (κ1) is 15.0. The number of hydrogen-bond donors (Lipinski definition) is 1. The van der Waals surface area contributed by atoms with E-state index in [1.807, 2.05) is 6.07 Å². The van der Waals surface area contributed by atoms with Crippen molar-refractivity contribution in [2.24, 2.45) is 5.92 Å². The molecule has 2 rings (SSSR count). The molecule has 0 saturated carbocycles. The van der Waals surface area contributed by atoms with Crippen LogP contribution in [0.15, 0.2) is 30.3 Å². The largest absolute Gasteiger partial charge is 0.353 e. The van der Waals surface area contributed by atoms with E-state index in [-0.39, 0.29) is 17.9 Å². The lowest BCUT2D eigenvalue weighted by Gasteiger charge is -2.29. The molecule has 0 spiro atoms. The van der Waals surface area contributed by atoms with Gasteiger partial charge in [0.05, 0.1) is 5.92 Å². The lowest BCUT2D eigenvalue weighted by molar-refractivity contribution is -0.127. The van der Waals surface area contributed by atoms with Gasteiger partial charge in [0.1, 0.15) is 0 Å². The molecule has 1 aromatic rings. The van der Waals surface area contributed by atoms with Crippen LogP contribution in [0.2, 0.25) is 0 Å². The van der Waals surface area contributed by atoms with Gasteiger partial charge in [-0.3, -0.25) is 4.79 Å². The van der Waals surface area contributed by atoms with E-state index in [0.29, 0.717) is 0 Å². The van der Waals surface area contributed by atoms with Crippen molar-refractivity contribution in [1.29, 1.82) is 0 Å². The Bertz CT molecular complexity index is 418. The fourth-order valence-corrected chi connectivity index (χ4v) is 2.84. The van der Waals surface area contributed by atoms with Crippen LogP contribution in [-0.2, 0) is 11.2 Å². The molecule has 2 unspecified atom stereocenters. The number of amides is 1. The number of carbonyl (C=O) groups excluding carboxylic acids is 1. The zero-order valence-corrected chi connectivity index (χ0v) is 12.6. The summed E-state index contributed by atoms with van der Waals surface area (Å²) in [6, 6.07) is 10.7. The Morgan fingerprint density at radius 2 is 2.15 bits per heavy atom. The number of nitrogens with zero attached hydrogens (tertiary/aromatic N) is 1. The van der Waals surface area contributed by atoms with Crippen LogP contribution < -0.4 is 5.32 Å². The van der Waals surface area contributed by atoms with Gasteiger partial charge in [-0.25, -0.2) is 0 Å². The van der Waals surface area contributed by atoms with Gasteiger partial charge in [-0.2, -0.15) is 0 Å². The molecule has 1 saturated heterocycles. The summed E-state index contributed by atoms with van der Waals surface area (Å²) in [5, 5.41) is 3.17. The SMILES string of the molecule is CC(CCc1ccccc1)NC(=O)C1CCCN(C)C1. The van der Waals surface area contributed by atoms with E-state index in [9.17, 15) is 4.79 Å². The predicted molar refractivity (Wildman–Crippen MR) is 82.6 cm³/mol. The summed E-state index contributed by atoms with van der Waals surface area (Å²) in [7, 11) is 2.10. The Balaban J connectivity index is 1.73. The van der Waals surface area contributed by atoms with Gasteiger partial charge in [0.15, 0.2) is 0 Å². The smallest absolute Gasteiger partial charge is 0.224 e. The Morgan fingerprint density at radius 3 is 2.85 bits per heavy atom.